The van der Waals surface area contributed by atoms with E-state index in [2.05, 4.69) is 10.4 Å². The molecule has 2 aromatic carbocycles. The molecule has 0 spiro atoms. The zero-order valence-electron chi connectivity index (χ0n) is 12.3. The van der Waals surface area contributed by atoms with E-state index < -0.39 is 5.91 Å². The molecule has 0 aliphatic carbocycles. The summed E-state index contributed by atoms with van der Waals surface area (Å²) in [6, 6.07) is 12.8. The normalized spacial score (nSPS) is 10.6. The third kappa shape index (κ3) is 3.75. The Hall–Kier alpha value is -2.37. The average molecular weight is 364 g/mol. The van der Waals surface area contributed by atoms with Crippen LogP contribution >= 0.6 is 23.2 Å². The van der Waals surface area contributed by atoms with Gasteiger partial charge in [0.05, 0.1) is 17.1 Å². The molecule has 7 heteroatoms. The van der Waals surface area contributed by atoms with Crippen molar-refractivity contribution in [1.29, 1.82) is 0 Å². The number of anilines is 1. The highest BCUT2D eigenvalue weighted by molar-refractivity contribution is 6.35. The quantitative estimate of drug-likeness (QED) is 0.734. The Morgan fingerprint density at radius 2 is 1.79 bits per heavy atom. The summed E-state index contributed by atoms with van der Waals surface area (Å²) in [5.74, 6) is -0.455. The van der Waals surface area contributed by atoms with Gasteiger partial charge in [0.1, 0.15) is 10.8 Å². The van der Waals surface area contributed by atoms with E-state index in [4.69, 9.17) is 23.2 Å². The van der Waals surface area contributed by atoms with Gasteiger partial charge in [-0.15, -0.1) is 0 Å². The third-order valence-corrected chi connectivity index (χ3v) is 3.93. The van der Waals surface area contributed by atoms with Crippen LogP contribution in [0.1, 0.15) is 15.9 Å². The third-order valence-electron chi connectivity index (χ3n) is 3.33. The number of nitrogens with zero attached hydrogens (tertiary/aromatic N) is 2. The van der Waals surface area contributed by atoms with E-state index in [1.165, 1.54) is 12.1 Å². The van der Waals surface area contributed by atoms with Gasteiger partial charge in [0.15, 0.2) is 5.82 Å². The van der Waals surface area contributed by atoms with Crippen molar-refractivity contribution in [3.8, 4) is 0 Å². The van der Waals surface area contributed by atoms with Gasteiger partial charge >= 0.3 is 0 Å². The number of rotatable bonds is 4. The van der Waals surface area contributed by atoms with E-state index in [9.17, 15) is 9.18 Å². The number of hydrogen-bond donors (Lipinski definition) is 1. The minimum absolute atomic E-state index is 0.240. The predicted molar refractivity (Wildman–Crippen MR) is 92.1 cm³/mol. The summed E-state index contributed by atoms with van der Waals surface area (Å²) in [4.78, 5) is 12.2. The molecule has 1 amide bonds. The summed E-state index contributed by atoms with van der Waals surface area (Å²) in [7, 11) is 0. The summed E-state index contributed by atoms with van der Waals surface area (Å²) in [6.45, 7) is 0.405. The average Bonchev–Trinajstić information content (AvgIpc) is 2.89. The molecule has 0 atom stereocenters. The first kappa shape index (κ1) is 16.5. The molecule has 1 heterocycles. The van der Waals surface area contributed by atoms with Crippen molar-refractivity contribution >= 4 is 34.9 Å². The molecule has 0 fully saturated rings. The van der Waals surface area contributed by atoms with Gasteiger partial charge in [0.25, 0.3) is 5.91 Å². The van der Waals surface area contributed by atoms with Crippen molar-refractivity contribution in [2.75, 3.05) is 5.32 Å². The highest BCUT2D eigenvalue weighted by Crippen LogP contribution is 2.22. The van der Waals surface area contributed by atoms with E-state index in [0.717, 1.165) is 5.56 Å². The second kappa shape index (κ2) is 7.03. The molecule has 1 N–H and O–H groups in total. The fraction of sp³-hybridized carbons (Fsp3) is 0.0588. The molecule has 122 valence electrons. The van der Waals surface area contributed by atoms with Crippen molar-refractivity contribution in [2.24, 2.45) is 0 Å². The number of halogens is 3. The van der Waals surface area contributed by atoms with Crippen LogP contribution in [0, 0.1) is 5.82 Å². The summed E-state index contributed by atoms with van der Waals surface area (Å²) < 4.78 is 14.5. The van der Waals surface area contributed by atoms with Gasteiger partial charge in [-0.05, 0) is 29.8 Å². The van der Waals surface area contributed by atoms with Crippen molar-refractivity contribution in [2.45, 2.75) is 6.54 Å². The Morgan fingerprint density at radius 1 is 1.08 bits per heavy atom. The standard InChI is InChI=1S/C17H12Cl2FN3O/c18-14-4-2-1-3-13(14)17(24)21-16-15(19)10-23(22-16)9-11-5-7-12(20)8-6-11/h1-8,10H,9H2,(H,21,22,24). The summed E-state index contributed by atoms with van der Waals surface area (Å²) in [6.07, 6.45) is 1.59. The van der Waals surface area contributed by atoms with Crippen LogP contribution in [0.3, 0.4) is 0 Å². The fourth-order valence-electron chi connectivity index (χ4n) is 2.16. The first-order chi connectivity index (χ1) is 11.5. The number of nitrogens with one attached hydrogen (secondary N) is 1. The van der Waals surface area contributed by atoms with E-state index >= 15 is 0 Å². The number of benzene rings is 2. The Kier molecular flexibility index (Phi) is 4.83. The second-order valence-corrected chi connectivity index (χ2v) is 5.90. The molecule has 24 heavy (non-hydrogen) atoms. The molecular formula is C17H12Cl2FN3O. The maximum absolute atomic E-state index is 12.9. The number of carbonyl (C=O) groups is 1. The van der Waals surface area contributed by atoms with Gasteiger partial charge in [-0.1, -0.05) is 47.5 Å². The van der Waals surface area contributed by atoms with Gasteiger partial charge in [0.2, 0.25) is 0 Å². The fourth-order valence-corrected chi connectivity index (χ4v) is 2.58. The number of aromatic nitrogens is 2. The van der Waals surface area contributed by atoms with Crippen molar-refractivity contribution in [3.63, 3.8) is 0 Å². The van der Waals surface area contributed by atoms with Crippen LogP contribution in [0.2, 0.25) is 10.0 Å². The van der Waals surface area contributed by atoms with Crippen molar-refractivity contribution < 1.29 is 9.18 Å². The van der Waals surface area contributed by atoms with E-state index in [1.54, 1.807) is 47.3 Å². The molecule has 4 nitrogen and oxygen atoms in total. The monoisotopic (exact) mass is 363 g/mol. The molecular weight excluding hydrogens is 352 g/mol. The largest absolute Gasteiger partial charge is 0.304 e. The van der Waals surface area contributed by atoms with Crippen molar-refractivity contribution in [1.82, 2.24) is 9.78 Å². The van der Waals surface area contributed by atoms with Gasteiger partial charge in [-0.3, -0.25) is 9.48 Å². The van der Waals surface area contributed by atoms with Gasteiger partial charge < -0.3 is 5.32 Å². The summed E-state index contributed by atoms with van der Waals surface area (Å²) >= 11 is 12.1. The minimum atomic E-state index is -0.394. The molecule has 0 saturated heterocycles. The number of amides is 1. The van der Waals surface area contributed by atoms with Gasteiger partial charge in [0, 0.05) is 6.20 Å². The minimum Gasteiger partial charge on any atom is -0.304 e. The van der Waals surface area contributed by atoms with Crippen molar-refractivity contribution in [3.05, 3.63) is 81.7 Å². The highest BCUT2D eigenvalue weighted by atomic mass is 35.5. The molecule has 3 rings (SSSR count). The van der Waals surface area contributed by atoms with Crippen LogP contribution in [-0.4, -0.2) is 15.7 Å². The van der Waals surface area contributed by atoms with Crippen LogP contribution in [-0.2, 0) is 6.54 Å². The lowest BCUT2D eigenvalue weighted by molar-refractivity contribution is 0.102. The maximum Gasteiger partial charge on any atom is 0.258 e. The molecule has 0 bridgehead atoms. The molecule has 1 aromatic heterocycles. The first-order valence-corrected chi connectivity index (χ1v) is 7.82. The maximum atomic E-state index is 12.9. The molecule has 0 aliphatic heterocycles. The predicted octanol–water partition coefficient (Wildman–Crippen LogP) is 4.63. The highest BCUT2D eigenvalue weighted by Gasteiger charge is 2.14. The number of carbonyl (C=O) groups excluding carboxylic acids is 1. The zero-order chi connectivity index (χ0) is 17.1. The lowest BCUT2D eigenvalue weighted by Gasteiger charge is -2.04. The Balaban J connectivity index is 1.75. The lowest BCUT2D eigenvalue weighted by Crippen LogP contribution is -2.13. The Morgan fingerprint density at radius 3 is 2.50 bits per heavy atom. The SMILES string of the molecule is O=C(Nc1nn(Cc2ccc(F)cc2)cc1Cl)c1ccccc1Cl. The van der Waals surface area contributed by atoms with Crippen LogP contribution in [0.25, 0.3) is 0 Å². The molecule has 0 radical (unpaired) electrons. The van der Waals surface area contributed by atoms with Gasteiger partial charge in [-0.25, -0.2) is 4.39 Å². The topological polar surface area (TPSA) is 46.9 Å². The summed E-state index contributed by atoms with van der Waals surface area (Å²) in [5, 5.41) is 7.52. The van der Waals surface area contributed by atoms with Crippen LogP contribution < -0.4 is 5.32 Å². The van der Waals surface area contributed by atoms with Crippen LogP contribution in [0.4, 0.5) is 10.2 Å². The molecule has 3 aromatic rings. The number of hydrogen-bond acceptors (Lipinski definition) is 2. The van der Waals surface area contributed by atoms with E-state index in [0.29, 0.717) is 22.2 Å². The molecule has 0 saturated carbocycles. The zero-order valence-corrected chi connectivity index (χ0v) is 13.9. The van der Waals surface area contributed by atoms with Gasteiger partial charge in [-0.2, -0.15) is 5.10 Å². The van der Waals surface area contributed by atoms with Crippen LogP contribution in [0.15, 0.2) is 54.7 Å². The smallest absolute Gasteiger partial charge is 0.258 e. The van der Waals surface area contributed by atoms with Crippen LogP contribution in [0.5, 0.6) is 0 Å². The molecule has 0 aliphatic rings. The van der Waals surface area contributed by atoms with E-state index in [-0.39, 0.29) is 11.6 Å². The second-order valence-electron chi connectivity index (χ2n) is 5.08. The molecule has 0 unspecified atom stereocenters. The Labute approximate surface area is 147 Å². The first-order valence-electron chi connectivity index (χ1n) is 7.06. The lowest BCUT2D eigenvalue weighted by atomic mass is 10.2. The van der Waals surface area contributed by atoms with E-state index in [1.807, 2.05) is 0 Å². The summed E-state index contributed by atoms with van der Waals surface area (Å²) in [5.41, 5.74) is 1.20. The Bertz CT molecular complexity index is 878.